The van der Waals surface area contributed by atoms with E-state index >= 15 is 0 Å². The molecule has 0 fully saturated rings. The van der Waals surface area contributed by atoms with Crippen molar-refractivity contribution in [3.63, 3.8) is 0 Å². The van der Waals surface area contributed by atoms with Crippen LogP contribution in [0.25, 0.3) is 0 Å². The summed E-state index contributed by atoms with van der Waals surface area (Å²) in [6.07, 6.45) is 11.7. The summed E-state index contributed by atoms with van der Waals surface area (Å²) >= 11 is 0. The topological polar surface area (TPSA) is 83.5 Å². The third-order valence-corrected chi connectivity index (χ3v) is 4.33. The third kappa shape index (κ3) is 25.2. The molecule has 0 radical (unpaired) electrons. The van der Waals surface area contributed by atoms with Gasteiger partial charge in [0.1, 0.15) is 6.61 Å². The molecule has 0 heterocycles. The Kier molecular flexibility index (Phi) is 24.7. The number of hydrogen-bond acceptors (Lipinski definition) is 7. The van der Waals surface area contributed by atoms with E-state index in [0.29, 0.717) is 65.9 Å². The SMILES string of the molecule is CCCCCCCCCCCC(=O)OCCOCCOCCOCCOCCO. The molecule has 0 aromatic heterocycles. The van der Waals surface area contributed by atoms with Gasteiger partial charge in [-0.05, 0) is 6.42 Å². The second-order valence-electron chi connectivity index (χ2n) is 6.97. The molecule has 29 heavy (non-hydrogen) atoms. The molecule has 0 aliphatic rings. The molecule has 0 aliphatic carbocycles. The number of carbonyl (C=O) groups is 1. The van der Waals surface area contributed by atoms with Gasteiger partial charge in [0.05, 0.1) is 59.5 Å². The van der Waals surface area contributed by atoms with Crippen LogP contribution in [0.3, 0.4) is 0 Å². The molecule has 0 atom stereocenters. The average molecular weight is 421 g/mol. The van der Waals surface area contributed by atoms with E-state index in [9.17, 15) is 4.79 Å². The zero-order valence-electron chi connectivity index (χ0n) is 18.5. The minimum atomic E-state index is -0.132. The van der Waals surface area contributed by atoms with Crippen molar-refractivity contribution in [1.29, 1.82) is 0 Å². The second-order valence-corrected chi connectivity index (χ2v) is 6.97. The lowest BCUT2D eigenvalue weighted by atomic mass is 10.1. The molecular weight excluding hydrogens is 376 g/mol. The van der Waals surface area contributed by atoms with Gasteiger partial charge in [0, 0.05) is 6.42 Å². The molecule has 0 aromatic carbocycles. The standard InChI is InChI=1S/C22H44O7/c1-2-3-4-5-6-7-8-9-10-11-22(24)29-21-20-28-19-18-27-17-16-26-15-14-25-13-12-23/h23H,2-21H2,1H3. The number of hydrogen-bond donors (Lipinski definition) is 1. The molecule has 0 rings (SSSR count). The van der Waals surface area contributed by atoms with Crippen molar-refractivity contribution in [1.82, 2.24) is 0 Å². The Morgan fingerprint density at radius 2 is 1.00 bits per heavy atom. The molecule has 0 unspecified atom stereocenters. The van der Waals surface area contributed by atoms with Gasteiger partial charge in [-0.1, -0.05) is 58.3 Å². The van der Waals surface area contributed by atoms with Gasteiger partial charge in [-0.2, -0.15) is 0 Å². The largest absolute Gasteiger partial charge is 0.463 e. The molecule has 0 amide bonds. The molecule has 0 aromatic rings. The first kappa shape index (κ1) is 28.3. The first-order chi connectivity index (χ1) is 14.3. The highest BCUT2D eigenvalue weighted by Gasteiger charge is 2.02. The molecule has 1 N–H and O–H groups in total. The lowest BCUT2D eigenvalue weighted by molar-refractivity contribution is -0.145. The minimum absolute atomic E-state index is 0.0294. The summed E-state index contributed by atoms with van der Waals surface area (Å²) in [4.78, 5) is 11.6. The lowest BCUT2D eigenvalue weighted by Gasteiger charge is -2.08. The van der Waals surface area contributed by atoms with Gasteiger partial charge in [-0.25, -0.2) is 0 Å². The van der Waals surface area contributed by atoms with Crippen LogP contribution in [-0.4, -0.2) is 77.1 Å². The first-order valence-corrected chi connectivity index (χ1v) is 11.4. The van der Waals surface area contributed by atoms with Gasteiger partial charge >= 0.3 is 5.97 Å². The fourth-order valence-electron chi connectivity index (χ4n) is 2.69. The Labute approximate surface area is 177 Å². The highest BCUT2D eigenvalue weighted by Crippen LogP contribution is 2.10. The van der Waals surface area contributed by atoms with Crippen LogP contribution in [-0.2, 0) is 28.5 Å². The van der Waals surface area contributed by atoms with Crippen molar-refractivity contribution in [3.8, 4) is 0 Å². The zero-order chi connectivity index (χ0) is 21.3. The van der Waals surface area contributed by atoms with Gasteiger partial charge in [-0.3, -0.25) is 4.79 Å². The highest BCUT2D eigenvalue weighted by molar-refractivity contribution is 5.69. The predicted molar refractivity (Wildman–Crippen MR) is 113 cm³/mol. The van der Waals surface area contributed by atoms with E-state index in [1.54, 1.807) is 0 Å². The van der Waals surface area contributed by atoms with Crippen molar-refractivity contribution in [2.45, 2.75) is 71.1 Å². The normalized spacial score (nSPS) is 11.1. The van der Waals surface area contributed by atoms with Crippen molar-refractivity contribution in [2.75, 3.05) is 66.1 Å². The van der Waals surface area contributed by atoms with Crippen LogP contribution >= 0.6 is 0 Å². The molecule has 0 aliphatic heterocycles. The van der Waals surface area contributed by atoms with Crippen LogP contribution < -0.4 is 0 Å². The quantitative estimate of drug-likeness (QED) is 0.189. The molecule has 0 saturated heterocycles. The maximum absolute atomic E-state index is 11.6. The van der Waals surface area contributed by atoms with Crippen LogP contribution in [0.5, 0.6) is 0 Å². The highest BCUT2D eigenvalue weighted by atomic mass is 16.6. The van der Waals surface area contributed by atoms with E-state index in [2.05, 4.69) is 6.92 Å². The number of carbonyl (C=O) groups excluding carboxylic acids is 1. The summed E-state index contributed by atoms with van der Waals surface area (Å²) < 4.78 is 26.2. The minimum Gasteiger partial charge on any atom is -0.463 e. The monoisotopic (exact) mass is 420 g/mol. The van der Waals surface area contributed by atoms with E-state index in [1.165, 1.54) is 44.9 Å². The van der Waals surface area contributed by atoms with E-state index in [4.69, 9.17) is 28.8 Å². The lowest BCUT2D eigenvalue weighted by Crippen LogP contribution is -2.14. The van der Waals surface area contributed by atoms with Gasteiger partial charge in [0.25, 0.3) is 0 Å². The van der Waals surface area contributed by atoms with E-state index in [0.717, 1.165) is 12.8 Å². The molecule has 0 saturated carbocycles. The molecule has 174 valence electrons. The number of aliphatic hydroxyl groups excluding tert-OH is 1. The molecular formula is C22H44O7. The average Bonchev–Trinajstić information content (AvgIpc) is 2.72. The van der Waals surface area contributed by atoms with E-state index in [-0.39, 0.29) is 12.6 Å². The smallest absolute Gasteiger partial charge is 0.305 e. The molecule has 0 bridgehead atoms. The molecule has 0 spiro atoms. The summed E-state index contributed by atoms with van der Waals surface area (Å²) in [5.41, 5.74) is 0. The van der Waals surface area contributed by atoms with Crippen LogP contribution in [0, 0.1) is 0 Å². The van der Waals surface area contributed by atoms with Crippen molar-refractivity contribution in [2.24, 2.45) is 0 Å². The number of ether oxygens (including phenoxy) is 5. The Balaban J connectivity index is 3.13. The summed E-state index contributed by atoms with van der Waals surface area (Å²) in [7, 11) is 0. The van der Waals surface area contributed by atoms with E-state index in [1.807, 2.05) is 0 Å². The van der Waals surface area contributed by atoms with Crippen LogP contribution in [0.2, 0.25) is 0 Å². The van der Waals surface area contributed by atoms with Crippen LogP contribution in [0.4, 0.5) is 0 Å². The van der Waals surface area contributed by atoms with Crippen molar-refractivity contribution >= 4 is 5.97 Å². The molecule has 7 heteroatoms. The third-order valence-electron chi connectivity index (χ3n) is 4.33. The summed E-state index contributed by atoms with van der Waals surface area (Å²) in [6, 6.07) is 0. The molecule has 7 nitrogen and oxygen atoms in total. The summed E-state index contributed by atoms with van der Waals surface area (Å²) in [6.45, 7) is 6.21. The zero-order valence-corrected chi connectivity index (χ0v) is 18.5. The van der Waals surface area contributed by atoms with Crippen molar-refractivity contribution < 1.29 is 33.6 Å². The Hall–Kier alpha value is -0.730. The first-order valence-electron chi connectivity index (χ1n) is 11.4. The van der Waals surface area contributed by atoms with E-state index < -0.39 is 0 Å². The maximum Gasteiger partial charge on any atom is 0.305 e. The number of rotatable bonds is 24. The summed E-state index contributed by atoms with van der Waals surface area (Å²) in [5.74, 6) is -0.132. The fourth-order valence-corrected chi connectivity index (χ4v) is 2.69. The number of esters is 1. The summed E-state index contributed by atoms with van der Waals surface area (Å²) in [5, 5.41) is 8.53. The number of unbranched alkanes of at least 4 members (excludes halogenated alkanes) is 8. The number of aliphatic hydroxyl groups is 1. The maximum atomic E-state index is 11.6. The van der Waals surface area contributed by atoms with Gasteiger partial charge in [0.2, 0.25) is 0 Å². The van der Waals surface area contributed by atoms with Gasteiger partial charge in [-0.15, -0.1) is 0 Å². The van der Waals surface area contributed by atoms with Crippen LogP contribution in [0.1, 0.15) is 71.1 Å². The fraction of sp³-hybridized carbons (Fsp3) is 0.955. The Morgan fingerprint density at radius 1 is 0.586 bits per heavy atom. The Morgan fingerprint density at radius 3 is 1.48 bits per heavy atom. The van der Waals surface area contributed by atoms with Crippen molar-refractivity contribution in [3.05, 3.63) is 0 Å². The van der Waals surface area contributed by atoms with Gasteiger partial charge in [0.15, 0.2) is 0 Å². The van der Waals surface area contributed by atoms with Gasteiger partial charge < -0.3 is 28.8 Å². The second kappa shape index (κ2) is 25.3. The Bertz CT molecular complexity index is 326. The van der Waals surface area contributed by atoms with Crippen LogP contribution in [0.15, 0.2) is 0 Å². The predicted octanol–water partition coefficient (Wildman–Crippen LogP) is 3.51.